The van der Waals surface area contributed by atoms with Gasteiger partial charge in [0.15, 0.2) is 0 Å². The number of para-hydroxylation sites is 1. The fourth-order valence-electron chi connectivity index (χ4n) is 2.09. The number of anilines is 1. The van der Waals surface area contributed by atoms with Crippen LogP contribution in [0.15, 0.2) is 36.7 Å². The van der Waals surface area contributed by atoms with Crippen LogP contribution >= 0.6 is 0 Å². The summed E-state index contributed by atoms with van der Waals surface area (Å²) >= 11 is 0. The van der Waals surface area contributed by atoms with Crippen LogP contribution in [0.4, 0.5) is 10.5 Å². The summed E-state index contributed by atoms with van der Waals surface area (Å²) < 4.78 is 1.75. The Morgan fingerprint density at radius 3 is 2.95 bits per heavy atom. The van der Waals surface area contributed by atoms with Crippen LogP contribution in [-0.2, 0) is 13.0 Å². The lowest BCUT2D eigenvalue weighted by atomic mass is 10.1. The van der Waals surface area contributed by atoms with Crippen molar-refractivity contribution in [3.8, 4) is 0 Å². The molecule has 0 atom stereocenters. The number of carbonyl (C=O) groups is 1. The molecule has 2 aromatic rings. The predicted molar refractivity (Wildman–Crippen MR) is 82.1 cm³/mol. The first-order chi connectivity index (χ1) is 10.3. The van der Waals surface area contributed by atoms with E-state index in [-0.39, 0.29) is 6.03 Å². The van der Waals surface area contributed by atoms with Gasteiger partial charge in [0.25, 0.3) is 0 Å². The summed E-state index contributed by atoms with van der Waals surface area (Å²) in [6.07, 6.45) is 6.28. The Bertz CT molecular complexity index is 553. The third-order valence-electron chi connectivity index (χ3n) is 3.11. The Labute approximate surface area is 124 Å². The van der Waals surface area contributed by atoms with Crippen LogP contribution in [-0.4, -0.2) is 27.6 Å². The molecule has 112 valence electrons. The maximum Gasteiger partial charge on any atom is 0.319 e. The highest BCUT2D eigenvalue weighted by Crippen LogP contribution is 2.16. The van der Waals surface area contributed by atoms with Crippen molar-refractivity contribution in [3.63, 3.8) is 0 Å². The van der Waals surface area contributed by atoms with E-state index in [4.69, 9.17) is 0 Å². The minimum absolute atomic E-state index is 0.169. The Morgan fingerprint density at radius 1 is 1.33 bits per heavy atom. The minimum Gasteiger partial charge on any atom is -0.338 e. The van der Waals surface area contributed by atoms with Crippen molar-refractivity contribution in [2.45, 2.75) is 32.7 Å². The van der Waals surface area contributed by atoms with E-state index in [0.717, 1.165) is 37.1 Å². The van der Waals surface area contributed by atoms with Crippen molar-refractivity contribution < 1.29 is 4.79 Å². The Morgan fingerprint density at radius 2 is 2.19 bits per heavy atom. The molecule has 0 spiro atoms. The Hall–Kier alpha value is -2.37. The normalized spacial score (nSPS) is 10.3. The van der Waals surface area contributed by atoms with Crippen LogP contribution in [0.25, 0.3) is 0 Å². The van der Waals surface area contributed by atoms with E-state index >= 15 is 0 Å². The van der Waals surface area contributed by atoms with E-state index < -0.39 is 0 Å². The van der Waals surface area contributed by atoms with Crippen molar-refractivity contribution in [1.29, 1.82) is 0 Å². The second-order valence-electron chi connectivity index (χ2n) is 4.81. The molecule has 6 heteroatoms. The first-order valence-electron chi connectivity index (χ1n) is 7.26. The smallest absolute Gasteiger partial charge is 0.319 e. The minimum atomic E-state index is -0.169. The molecule has 21 heavy (non-hydrogen) atoms. The standard InChI is InChI=1S/C15H21N5O/c1-2-6-13-7-3-4-8-14(13)18-15(21)16-9-5-11-20-12-10-17-19-20/h3-4,7-8,10,12H,2,5-6,9,11H2,1H3,(H2,16,18,21). The second kappa shape index (κ2) is 8.04. The SMILES string of the molecule is CCCc1ccccc1NC(=O)NCCCn1ccnn1. The largest absolute Gasteiger partial charge is 0.338 e. The molecule has 0 aliphatic heterocycles. The average molecular weight is 287 g/mol. The number of benzene rings is 1. The molecular weight excluding hydrogens is 266 g/mol. The zero-order valence-corrected chi connectivity index (χ0v) is 12.2. The fraction of sp³-hybridized carbons (Fsp3) is 0.400. The summed E-state index contributed by atoms with van der Waals surface area (Å²) in [6.45, 7) is 3.47. The average Bonchev–Trinajstić information content (AvgIpc) is 2.99. The van der Waals surface area contributed by atoms with Crippen LogP contribution in [0.3, 0.4) is 0 Å². The van der Waals surface area contributed by atoms with E-state index in [9.17, 15) is 4.79 Å². The summed E-state index contributed by atoms with van der Waals surface area (Å²) in [4.78, 5) is 11.9. The van der Waals surface area contributed by atoms with Gasteiger partial charge in [-0.3, -0.25) is 4.68 Å². The molecule has 1 heterocycles. The molecule has 0 aliphatic carbocycles. The highest BCUT2D eigenvalue weighted by Gasteiger charge is 2.05. The molecule has 0 radical (unpaired) electrons. The Balaban J connectivity index is 1.74. The molecule has 2 amide bonds. The van der Waals surface area contributed by atoms with Gasteiger partial charge in [0.05, 0.1) is 6.20 Å². The molecule has 0 unspecified atom stereocenters. The lowest BCUT2D eigenvalue weighted by Crippen LogP contribution is -2.30. The third-order valence-corrected chi connectivity index (χ3v) is 3.11. The van der Waals surface area contributed by atoms with Gasteiger partial charge in [-0.15, -0.1) is 5.10 Å². The van der Waals surface area contributed by atoms with E-state index in [1.807, 2.05) is 24.3 Å². The van der Waals surface area contributed by atoms with E-state index in [1.165, 1.54) is 0 Å². The molecule has 1 aromatic carbocycles. The van der Waals surface area contributed by atoms with Gasteiger partial charge in [0.2, 0.25) is 0 Å². The summed E-state index contributed by atoms with van der Waals surface area (Å²) in [6, 6.07) is 7.73. The van der Waals surface area contributed by atoms with E-state index in [0.29, 0.717) is 6.54 Å². The summed E-state index contributed by atoms with van der Waals surface area (Å²) in [5, 5.41) is 13.4. The number of amides is 2. The maximum absolute atomic E-state index is 11.9. The van der Waals surface area contributed by atoms with Crippen LogP contribution in [0.1, 0.15) is 25.3 Å². The van der Waals surface area contributed by atoms with Crippen LogP contribution < -0.4 is 10.6 Å². The van der Waals surface area contributed by atoms with E-state index in [1.54, 1.807) is 17.1 Å². The van der Waals surface area contributed by atoms with E-state index in [2.05, 4.69) is 27.9 Å². The van der Waals surface area contributed by atoms with Gasteiger partial charge in [-0.25, -0.2) is 4.79 Å². The number of nitrogens with zero attached hydrogens (tertiary/aromatic N) is 3. The summed E-state index contributed by atoms with van der Waals surface area (Å²) in [7, 11) is 0. The fourth-order valence-corrected chi connectivity index (χ4v) is 2.09. The molecular formula is C15H21N5O. The molecule has 0 saturated heterocycles. The lowest BCUT2D eigenvalue weighted by Gasteiger charge is -2.11. The van der Waals surface area contributed by atoms with Crippen molar-refractivity contribution in [3.05, 3.63) is 42.2 Å². The van der Waals surface area contributed by atoms with Gasteiger partial charge in [-0.1, -0.05) is 36.8 Å². The molecule has 0 aliphatic rings. The van der Waals surface area contributed by atoms with Gasteiger partial charge in [0, 0.05) is 25.0 Å². The number of nitrogens with one attached hydrogen (secondary N) is 2. The molecule has 0 saturated carbocycles. The quantitative estimate of drug-likeness (QED) is 0.768. The topological polar surface area (TPSA) is 71.8 Å². The number of aromatic nitrogens is 3. The zero-order chi connectivity index (χ0) is 14.9. The number of carbonyl (C=O) groups excluding carboxylic acids is 1. The van der Waals surface area contributed by atoms with Crippen molar-refractivity contribution >= 4 is 11.7 Å². The van der Waals surface area contributed by atoms with Crippen molar-refractivity contribution in [2.24, 2.45) is 0 Å². The second-order valence-corrected chi connectivity index (χ2v) is 4.81. The molecule has 1 aromatic heterocycles. The highest BCUT2D eigenvalue weighted by molar-refractivity contribution is 5.90. The first-order valence-corrected chi connectivity index (χ1v) is 7.26. The molecule has 2 N–H and O–H groups in total. The Kier molecular flexibility index (Phi) is 5.75. The van der Waals surface area contributed by atoms with Crippen molar-refractivity contribution in [1.82, 2.24) is 20.3 Å². The number of urea groups is 1. The lowest BCUT2D eigenvalue weighted by molar-refractivity contribution is 0.251. The number of hydrogen-bond donors (Lipinski definition) is 2. The predicted octanol–water partition coefficient (Wildman–Crippen LogP) is 2.44. The molecule has 2 rings (SSSR count). The number of hydrogen-bond acceptors (Lipinski definition) is 3. The van der Waals surface area contributed by atoms with Crippen LogP contribution in [0, 0.1) is 0 Å². The van der Waals surface area contributed by atoms with Gasteiger partial charge < -0.3 is 10.6 Å². The van der Waals surface area contributed by atoms with Crippen LogP contribution in [0.5, 0.6) is 0 Å². The first kappa shape index (κ1) is 15.0. The van der Waals surface area contributed by atoms with Crippen LogP contribution in [0.2, 0.25) is 0 Å². The highest BCUT2D eigenvalue weighted by atomic mass is 16.2. The van der Waals surface area contributed by atoms with Gasteiger partial charge in [0.1, 0.15) is 0 Å². The summed E-state index contributed by atoms with van der Waals surface area (Å²) in [5.74, 6) is 0. The maximum atomic E-state index is 11.9. The number of aryl methyl sites for hydroxylation is 2. The number of rotatable bonds is 7. The van der Waals surface area contributed by atoms with Gasteiger partial charge >= 0.3 is 6.03 Å². The molecule has 0 fully saturated rings. The zero-order valence-electron chi connectivity index (χ0n) is 12.2. The molecule has 6 nitrogen and oxygen atoms in total. The van der Waals surface area contributed by atoms with Gasteiger partial charge in [-0.2, -0.15) is 0 Å². The third kappa shape index (κ3) is 4.91. The molecule has 0 bridgehead atoms. The summed E-state index contributed by atoms with van der Waals surface area (Å²) in [5.41, 5.74) is 2.05. The van der Waals surface area contributed by atoms with Gasteiger partial charge in [-0.05, 0) is 24.5 Å². The monoisotopic (exact) mass is 287 g/mol. The van der Waals surface area contributed by atoms with Crippen molar-refractivity contribution in [2.75, 3.05) is 11.9 Å².